The van der Waals surface area contributed by atoms with Crippen molar-refractivity contribution >= 4 is 5.78 Å². The van der Waals surface area contributed by atoms with Crippen molar-refractivity contribution in [2.45, 2.75) is 26.8 Å². The van der Waals surface area contributed by atoms with Crippen LogP contribution in [0.1, 0.15) is 31.1 Å². The maximum absolute atomic E-state index is 12.4. The summed E-state index contributed by atoms with van der Waals surface area (Å²) in [6.45, 7) is 8.66. The van der Waals surface area contributed by atoms with Gasteiger partial charge in [-0.1, -0.05) is 44.2 Å². The van der Waals surface area contributed by atoms with Gasteiger partial charge >= 0.3 is 0 Å². The van der Waals surface area contributed by atoms with Crippen LogP contribution in [0.5, 0.6) is 0 Å². The lowest BCUT2D eigenvalue weighted by Crippen LogP contribution is -2.43. The van der Waals surface area contributed by atoms with E-state index < -0.39 is 0 Å². The van der Waals surface area contributed by atoms with E-state index in [1.807, 2.05) is 37.3 Å². The number of methoxy groups -OCH3 is 1. The molecule has 0 aliphatic carbocycles. The molecule has 0 aliphatic rings. The van der Waals surface area contributed by atoms with E-state index in [0.29, 0.717) is 12.5 Å². The Kier molecular flexibility index (Phi) is 6.74. The van der Waals surface area contributed by atoms with Crippen molar-refractivity contribution in [3.63, 3.8) is 0 Å². The number of Topliss-reactive ketones (excluding diaryl/α,β-unsaturated/α-hetero) is 1. The lowest BCUT2D eigenvalue weighted by atomic mass is 10.0. The second-order valence-electron chi connectivity index (χ2n) is 5.29. The molecule has 0 spiro atoms. The molecule has 0 bridgehead atoms. The summed E-state index contributed by atoms with van der Waals surface area (Å²) >= 11 is 0. The van der Waals surface area contributed by atoms with E-state index in [1.54, 1.807) is 7.11 Å². The molecule has 0 amide bonds. The van der Waals surface area contributed by atoms with E-state index in [1.165, 1.54) is 0 Å². The molecule has 1 aromatic carbocycles. The summed E-state index contributed by atoms with van der Waals surface area (Å²) in [5.41, 5.74) is 0.779. The minimum absolute atomic E-state index is 0.111. The Morgan fingerprint density at radius 1 is 1.21 bits per heavy atom. The van der Waals surface area contributed by atoms with Gasteiger partial charge in [-0.25, -0.2) is 0 Å². The lowest BCUT2D eigenvalue weighted by molar-refractivity contribution is 0.0750. The van der Waals surface area contributed by atoms with E-state index in [-0.39, 0.29) is 11.8 Å². The van der Waals surface area contributed by atoms with Crippen LogP contribution in [0, 0.1) is 5.92 Å². The molecule has 3 heteroatoms. The number of hydrogen-bond donors (Lipinski definition) is 0. The molecule has 0 N–H and O–H groups in total. The van der Waals surface area contributed by atoms with Gasteiger partial charge in [-0.3, -0.25) is 9.69 Å². The number of ether oxygens (including phenoxy) is 1. The van der Waals surface area contributed by atoms with E-state index >= 15 is 0 Å². The van der Waals surface area contributed by atoms with Gasteiger partial charge in [-0.2, -0.15) is 0 Å². The predicted molar refractivity (Wildman–Crippen MR) is 78.5 cm³/mol. The highest BCUT2D eigenvalue weighted by Gasteiger charge is 2.22. The highest BCUT2D eigenvalue weighted by atomic mass is 16.5. The van der Waals surface area contributed by atoms with Gasteiger partial charge in [0.05, 0.1) is 12.6 Å². The first-order chi connectivity index (χ1) is 9.06. The number of carbonyl (C=O) groups is 1. The molecular weight excluding hydrogens is 238 g/mol. The predicted octanol–water partition coefficient (Wildman–Crippen LogP) is 2.86. The van der Waals surface area contributed by atoms with Gasteiger partial charge in [0.25, 0.3) is 0 Å². The van der Waals surface area contributed by atoms with E-state index in [4.69, 9.17) is 4.74 Å². The van der Waals surface area contributed by atoms with Crippen LogP contribution in [0.3, 0.4) is 0 Å². The average Bonchev–Trinajstić information content (AvgIpc) is 2.42. The fourth-order valence-electron chi connectivity index (χ4n) is 2.13. The molecule has 3 nitrogen and oxygen atoms in total. The Labute approximate surface area is 116 Å². The van der Waals surface area contributed by atoms with Crippen LogP contribution >= 0.6 is 0 Å². The van der Waals surface area contributed by atoms with Gasteiger partial charge in [0.2, 0.25) is 0 Å². The van der Waals surface area contributed by atoms with Gasteiger partial charge in [-0.05, 0) is 12.8 Å². The third kappa shape index (κ3) is 5.13. The molecule has 0 aliphatic heterocycles. The summed E-state index contributed by atoms with van der Waals surface area (Å²) in [5.74, 6) is 0.709. The summed E-state index contributed by atoms with van der Waals surface area (Å²) in [6.07, 6.45) is 0. The molecule has 0 saturated carbocycles. The summed E-state index contributed by atoms with van der Waals surface area (Å²) in [4.78, 5) is 14.6. The third-order valence-electron chi connectivity index (χ3n) is 3.17. The van der Waals surface area contributed by atoms with E-state index in [9.17, 15) is 4.79 Å². The zero-order valence-corrected chi connectivity index (χ0v) is 12.4. The molecule has 19 heavy (non-hydrogen) atoms. The Balaban J connectivity index is 2.74. The number of hydrogen-bond acceptors (Lipinski definition) is 3. The fraction of sp³-hybridized carbons (Fsp3) is 0.562. The molecule has 0 radical (unpaired) electrons. The molecule has 0 heterocycles. The fourth-order valence-corrected chi connectivity index (χ4v) is 2.13. The highest BCUT2D eigenvalue weighted by Crippen LogP contribution is 2.11. The Hall–Kier alpha value is -1.19. The maximum Gasteiger partial charge on any atom is 0.179 e. The van der Waals surface area contributed by atoms with Crippen molar-refractivity contribution in [2.24, 2.45) is 5.92 Å². The van der Waals surface area contributed by atoms with Crippen LogP contribution in [0.4, 0.5) is 0 Å². The summed E-state index contributed by atoms with van der Waals surface area (Å²) in [6, 6.07) is 9.38. The van der Waals surface area contributed by atoms with E-state index in [0.717, 1.165) is 18.7 Å². The second kappa shape index (κ2) is 8.08. The van der Waals surface area contributed by atoms with Gasteiger partial charge < -0.3 is 4.74 Å². The normalized spacial score (nSPS) is 12.9. The minimum atomic E-state index is -0.111. The molecule has 1 aromatic rings. The molecule has 1 atom stereocenters. The van der Waals surface area contributed by atoms with Gasteiger partial charge in [0.15, 0.2) is 5.78 Å². The van der Waals surface area contributed by atoms with Gasteiger partial charge in [-0.15, -0.1) is 0 Å². The van der Waals surface area contributed by atoms with Gasteiger partial charge in [0, 0.05) is 25.8 Å². The highest BCUT2D eigenvalue weighted by molar-refractivity contribution is 5.99. The summed E-state index contributed by atoms with van der Waals surface area (Å²) < 4.78 is 5.14. The standard InChI is InChI=1S/C16H25NO2/c1-13(2)12-17(10-11-19-4)14(3)16(18)15-8-6-5-7-9-15/h5-9,13-14H,10-12H2,1-4H3. The SMILES string of the molecule is COCCN(CC(C)C)C(C)C(=O)c1ccccc1. The van der Waals surface area contributed by atoms with E-state index in [2.05, 4.69) is 18.7 Å². The van der Waals surface area contributed by atoms with Crippen LogP contribution in [-0.2, 0) is 4.74 Å². The molecule has 106 valence electrons. The molecule has 1 unspecified atom stereocenters. The van der Waals surface area contributed by atoms with Crippen LogP contribution in [0.15, 0.2) is 30.3 Å². The average molecular weight is 263 g/mol. The van der Waals surface area contributed by atoms with Crippen LogP contribution < -0.4 is 0 Å². The minimum Gasteiger partial charge on any atom is -0.383 e. The lowest BCUT2D eigenvalue weighted by Gasteiger charge is -2.29. The number of carbonyl (C=O) groups excluding carboxylic acids is 1. The first-order valence-corrected chi connectivity index (χ1v) is 6.88. The molecule has 0 fully saturated rings. The van der Waals surface area contributed by atoms with Crippen LogP contribution in [0.25, 0.3) is 0 Å². The number of ketones is 1. The largest absolute Gasteiger partial charge is 0.383 e. The molecule has 0 aromatic heterocycles. The third-order valence-corrected chi connectivity index (χ3v) is 3.17. The number of nitrogens with zero attached hydrogens (tertiary/aromatic N) is 1. The molecule has 0 saturated heterocycles. The topological polar surface area (TPSA) is 29.5 Å². The van der Waals surface area contributed by atoms with Gasteiger partial charge in [0.1, 0.15) is 0 Å². The first-order valence-electron chi connectivity index (χ1n) is 6.88. The number of benzene rings is 1. The van der Waals surface area contributed by atoms with Crippen molar-refractivity contribution in [2.75, 3.05) is 26.8 Å². The van der Waals surface area contributed by atoms with Crippen LogP contribution in [-0.4, -0.2) is 43.5 Å². The Morgan fingerprint density at radius 2 is 1.84 bits per heavy atom. The summed E-state index contributed by atoms with van der Waals surface area (Å²) in [7, 11) is 1.69. The monoisotopic (exact) mass is 263 g/mol. The smallest absolute Gasteiger partial charge is 0.179 e. The maximum atomic E-state index is 12.4. The zero-order valence-electron chi connectivity index (χ0n) is 12.4. The quantitative estimate of drug-likeness (QED) is 0.675. The second-order valence-corrected chi connectivity index (χ2v) is 5.29. The van der Waals surface area contributed by atoms with Crippen molar-refractivity contribution in [1.82, 2.24) is 4.90 Å². The Morgan fingerprint density at radius 3 is 2.37 bits per heavy atom. The Bertz CT molecular complexity index is 376. The van der Waals surface area contributed by atoms with Crippen molar-refractivity contribution < 1.29 is 9.53 Å². The van der Waals surface area contributed by atoms with Crippen molar-refractivity contribution in [1.29, 1.82) is 0 Å². The van der Waals surface area contributed by atoms with Crippen molar-refractivity contribution in [3.05, 3.63) is 35.9 Å². The zero-order chi connectivity index (χ0) is 14.3. The van der Waals surface area contributed by atoms with Crippen molar-refractivity contribution in [3.8, 4) is 0 Å². The molecular formula is C16H25NO2. The summed E-state index contributed by atoms with van der Waals surface area (Å²) in [5, 5.41) is 0. The van der Waals surface area contributed by atoms with Crippen LogP contribution in [0.2, 0.25) is 0 Å². The first kappa shape index (κ1) is 15.9. The molecule has 1 rings (SSSR count). The number of rotatable bonds is 8.